The van der Waals surface area contributed by atoms with E-state index in [1.54, 1.807) is 12.3 Å². The molecule has 0 bridgehead atoms. The summed E-state index contributed by atoms with van der Waals surface area (Å²) in [5.41, 5.74) is 1.18. The second kappa shape index (κ2) is 5.95. The molecule has 1 aromatic carbocycles. The lowest BCUT2D eigenvalue weighted by molar-refractivity contribution is 0.596. The maximum Gasteiger partial charge on any atom is 0.175 e. The number of benzene rings is 1. The zero-order valence-corrected chi connectivity index (χ0v) is 13.2. The number of aromatic nitrogens is 1. The molecule has 7 heteroatoms. The normalized spacial score (nSPS) is 11.4. The number of H-pyrrole nitrogens is 1. The van der Waals surface area contributed by atoms with Gasteiger partial charge in [0.05, 0.1) is 10.6 Å². The lowest BCUT2D eigenvalue weighted by Gasteiger charge is -2.09. The van der Waals surface area contributed by atoms with Crippen LogP contribution in [0.15, 0.2) is 35.4 Å². The summed E-state index contributed by atoms with van der Waals surface area (Å²) in [6.07, 6.45) is 3.62. The quantitative estimate of drug-likeness (QED) is 0.843. The van der Waals surface area contributed by atoms with Crippen molar-refractivity contribution in [3.8, 4) is 0 Å². The van der Waals surface area contributed by atoms with E-state index in [9.17, 15) is 12.8 Å². The van der Waals surface area contributed by atoms with Gasteiger partial charge in [-0.05, 0) is 36.2 Å². The summed E-state index contributed by atoms with van der Waals surface area (Å²) in [6.45, 7) is 2.00. The van der Waals surface area contributed by atoms with Crippen molar-refractivity contribution in [3.05, 3.63) is 46.4 Å². The van der Waals surface area contributed by atoms with Crippen molar-refractivity contribution in [2.75, 3.05) is 11.6 Å². The second-order valence-electron chi connectivity index (χ2n) is 4.63. The van der Waals surface area contributed by atoms with E-state index in [-0.39, 0.29) is 10.6 Å². The summed E-state index contributed by atoms with van der Waals surface area (Å²) >= 11 is 5.22. The standard InChI is InChI=1S/C14H15FN2O2S2/c1-3-9-8-16-14(7-13(9)20)17-12-5-4-10(6-11(12)15)21(2,18)19/h4-8H,3H2,1-2H3,(H2,16,17,20). The molecule has 4 nitrogen and oxygen atoms in total. The van der Waals surface area contributed by atoms with Crippen LogP contribution < -0.4 is 5.32 Å². The van der Waals surface area contributed by atoms with E-state index in [1.165, 1.54) is 12.1 Å². The predicted molar refractivity (Wildman–Crippen MR) is 83.8 cm³/mol. The van der Waals surface area contributed by atoms with Gasteiger partial charge in [0.15, 0.2) is 9.84 Å². The lowest BCUT2D eigenvalue weighted by Crippen LogP contribution is -2.01. The van der Waals surface area contributed by atoms with Crippen LogP contribution in [0.1, 0.15) is 12.5 Å². The molecule has 0 spiro atoms. The maximum absolute atomic E-state index is 13.9. The minimum Gasteiger partial charge on any atom is -0.348 e. The fourth-order valence-electron chi connectivity index (χ4n) is 1.82. The van der Waals surface area contributed by atoms with Gasteiger partial charge in [-0.1, -0.05) is 19.1 Å². The van der Waals surface area contributed by atoms with Crippen molar-refractivity contribution in [2.24, 2.45) is 0 Å². The van der Waals surface area contributed by atoms with Gasteiger partial charge in [0, 0.05) is 17.0 Å². The Labute approximate surface area is 128 Å². The number of pyridine rings is 1. The van der Waals surface area contributed by atoms with Crippen LogP contribution in [0.5, 0.6) is 0 Å². The molecule has 0 unspecified atom stereocenters. The fraction of sp³-hybridized carbons (Fsp3) is 0.214. The van der Waals surface area contributed by atoms with Crippen LogP contribution in [-0.4, -0.2) is 19.7 Å². The van der Waals surface area contributed by atoms with Crippen molar-refractivity contribution >= 4 is 33.6 Å². The van der Waals surface area contributed by atoms with Crippen LogP contribution in [0.3, 0.4) is 0 Å². The summed E-state index contributed by atoms with van der Waals surface area (Å²) in [4.78, 5) is 2.93. The Morgan fingerprint density at radius 3 is 2.57 bits per heavy atom. The van der Waals surface area contributed by atoms with E-state index in [2.05, 4.69) is 10.3 Å². The van der Waals surface area contributed by atoms with Crippen LogP contribution in [0.4, 0.5) is 15.9 Å². The van der Waals surface area contributed by atoms with E-state index < -0.39 is 15.7 Å². The third-order valence-electron chi connectivity index (χ3n) is 3.01. The molecule has 0 amide bonds. The van der Waals surface area contributed by atoms with Gasteiger partial charge >= 0.3 is 0 Å². The Balaban J connectivity index is 2.32. The molecule has 0 saturated heterocycles. The summed E-state index contributed by atoms with van der Waals surface area (Å²) in [5.74, 6) is -0.0972. The number of hydrogen-bond acceptors (Lipinski definition) is 4. The molecule has 1 heterocycles. The number of sulfone groups is 1. The number of anilines is 2. The highest BCUT2D eigenvalue weighted by Gasteiger charge is 2.11. The molecule has 0 atom stereocenters. The molecule has 112 valence electrons. The second-order valence-corrected chi connectivity index (χ2v) is 7.08. The lowest BCUT2D eigenvalue weighted by atomic mass is 10.2. The van der Waals surface area contributed by atoms with Crippen molar-refractivity contribution in [2.45, 2.75) is 18.2 Å². The zero-order valence-electron chi connectivity index (χ0n) is 11.6. The van der Waals surface area contributed by atoms with Gasteiger partial charge < -0.3 is 10.3 Å². The van der Waals surface area contributed by atoms with Crippen LogP contribution in [-0.2, 0) is 16.3 Å². The predicted octanol–water partition coefficient (Wildman–Crippen LogP) is 3.59. The Hall–Kier alpha value is -1.73. The molecule has 0 aliphatic carbocycles. The number of aryl methyl sites for hydroxylation is 1. The molecule has 2 rings (SSSR count). The molecule has 0 aliphatic rings. The zero-order chi connectivity index (χ0) is 15.6. The number of aromatic amines is 1. The molecule has 0 fully saturated rings. The largest absolute Gasteiger partial charge is 0.348 e. The summed E-state index contributed by atoms with van der Waals surface area (Å²) in [5, 5.41) is 2.85. The smallest absolute Gasteiger partial charge is 0.175 e. The van der Waals surface area contributed by atoms with E-state index in [0.717, 1.165) is 24.3 Å². The van der Waals surface area contributed by atoms with E-state index in [0.29, 0.717) is 10.3 Å². The number of hydrogen-bond donors (Lipinski definition) is 2. The Bertz CT molecular complexity index is 829. The molecule has 0 radical (unpaired) electrons. The van der Waals surface area contributed by atoms with Gasteiger partial charge in [0.25, 0.3) is 0 Å². The first-order valence-electron chi connectivity index (χ1n) is 6.29. The third kappa shape index (κ3) is 3.68. The van der Waals surface area contributed by atoms with Gasteiger partial charge in [-0.3, -0.25) is 0 Å². The Morgan fingerprint density at radius 2 is 2.05 bits per heavy atom. The number of rotatable bonds is 4. The molecule has 1 aromatic heterocycles. The first kappa shape index (κ1) is 15.7. The van der Waals surface area contributed by atoms with Crippen molar-refractivity contribution < 1.29 is 12.8 Å². The Kier molecular flexibility index (Phi) is 4.43. The van der Waals surface area contributed by atoms with Gasteiger partial charge in [-0.15, -0.1) is 0 Å². The molecule has 2 aromatic rings. The first-order chi connectivity index (χ1) is 9.81. The molecular weight excluding hydrogens is 311 g/mol. The maximum atomic E-state index is 13.9. The SMILES string of the molecule is CCc1c[nH]c(Nc2ccc(S(C)(=O)=O)cc2F)cc1=S. The monoisotopic (exact) mass is 326 g/mol. The summed E-state index contributed by atoms with van der Waals surface area (Å²) in [6, 6.07) is 5.44. The molecular formula is C14H15FN2O2S2. The molecule has 0 saturated carbocycles. The van der Waals surface area contributed by atoms with E-state index in [4.69, 9.17) is 12.2 Å². The van der Waals surface area contributed by atoms with Crippen molar-refractivity contribution in [1.82, 2.24) is 4.98 Å². The van der Waals surface area contributed by atoms with Gasteiger partial charge in [-0.2, -0.15) is 0 Å². The van der Waals surface area contributed by atoms with Crippen molar-refractivity contribution in [1.29, 1.82) is 0 Å². The highest BCUT2D eigenvalue weighted by atomic mass is 32.2. The average Bonchev–Trinajstić information content (AvgIpc) is 2.40. The highest BCUT2D eigenvalue weighted by Crippen LogP contribution is 2.22. The van der Waals surface area contributed by atoms with Gasteiger partial charge in [0.2, 0.25) is 0 Å². The first-order valence-corrected chi connectivity index (χ1v) is 8.59. The molecule has 2 N–H and O–H groups in total. The summed E-state index contributed by atoms with van der Waals surface area (Å²) < 4.78 is 37.4. The van der Waals surface area contributed by atoms with Crippen LogP contribution in [0.2, 0.25) is 0 Å². The Morgan fingerprint density at radius 1 is 1.33 bits per heavy atom. The van der Waals surface area contributed by atoms with E-state index >= 15 is 0 Å². The van der Waals surface area contributed by atoms with Gasteiger partial charge in [-0.25, -0.2) is 12.8 Å². The van der Waals surface area contributed by atoms with Crippen LogP contribution in [0, 0.1) is 10.3 Å². The number of nitrogens with one attached hydrogen (secondary N) is 2. The van der Waals surface area contributed by atoms with Crippen molar-refractivity contribution in [3.63, 3.8) is 0 Å². The fourth-order valence-corrected chi connectivity index (χ4v) is 2.78. The average molecular weight is 326 g/mol. The van der Waals surface area contributed by atoms with Crippen LogP contribution >= 0.6 is 12.2 Å². The topological polar surface area (TPSA) is 62.0 Å². The molecule has 0 aliphatic heterocycles. The summed E-state index contributed by atoms with van der Waals surface area (Å²) in [7, 11) is -3.42. The highest BCUT2D eigenvalue weighted by molar-refractivity contribution is 7.90. The molecule has 21 heavy (non-hydrogen) atoms. The van der Waals surface area contributed by atoms with Gasteiger partial charge in [0.1, 0.15) is 11.6 Å². The minimum absolute atomic E-state index is 0.0557. The minimum atomic E-state index is -3.42. The third-order valence-corrected chi connectivity index (χ3v) is 4.50. The number of halogens is 1. The van der Waals surface area contributed by atoms with Crippen LogP contribution in [0.25, 0.3) is 0 Å². The van der Waals surface area contributed by atoms with E-state index in [1.807, 2.05) is 6.92 Å².